The highest BCUT2D eigenvalue weighted by molar-refractivity contribution is 6.05. The van der Waals surface area contributed by atoms with E-state index in [1.165, 1.54) is 12.2 Å². The summed E-state index contributed by atoms with van der Waals surface area (Å²) in [4.78, 5) is 122. The van der Waals surface area contributed by atoms with E-state index in [0.29, 0.717) is 102 Å². The van der Waals surface area contributed by atoms with Gasteiger partial charge in [0.05, 0.1) is 6.04 Å². The number of nitrogens with one attached hydrogen (secondary N) is 2. The van der Waals surface area contributed by atoms with Crippen molar-refractivity contribution in [3.63, 3.8) is 0 Å². The number of aliphatic carboxylic acids is 1. The van der Waals surface area contributed by atoms with Gasteiger partial charge in [0.1, 0.15) is 29.8 Å². The molecule has 0 radical (unpaired) electrons. The van der Waals surface area contributed by atoms with Crippen LogP contribution >= 0.6 is 0 Å². The minimum absolute atomic E-state index is 0.00329. The fourth-order valence-electron chi connectivity index (χ4n) is 12.9. The van der Waals surface area contributed by atoms with Crippen molar-refractivity contribution in [1.29, 1.82) is 0 Å². The first-order valence-corrected chi connectivity index (χ1v) is 29.7. The number of amides is 5. The lowest BCUT2D eigenvalue weighted by Gasteiger charge is -2.41. The van der Waals surface area contributed by atoms with E-state index in [1.807, 2.05) is 25.7 Å². The topological polar surface area (TPSA) is 277 Å². The smallest absolute Gasteiger partial charge is 0.318 e. The normalized spacial score (nSPS) is 25.3. The third-order valence-electron chi connectivity index (χ3n) is 17.5. The Bertz CT molecular complexity index is 2030. The molecule has 4 rings (SSSR count). The Balaban J connectivity index is 1.61. The van der Waals surface area contributed by atoms with Crippen LogP contribution in [0.1, 0.15) is 214 Å². The Morgan fingerprint density at radius 3 is 2.10 bits per heavy atom. The van der Waals surface area contributed by atoms with Crippen LogP contribution in [0.25, 0.3) is 0 Å². The molecule has 0 aliphatic carbocycles. The largest absolute Gasteiger partial charge is 0.480 e. The van der Waals surface area contributed by atoms with Gasteiger partial charge in [-0.2, -0.15) is 0 Å². The molecule has 4 heterocycles. The number of carbonyl (C=O) groups excluding carboxylic acids is 8. The number of primary amides is 2. The summed E-state index contributed by atoms with van der Waals surface area (Å²) in [5.41, 5.74) is 10.9. The molecule has 17 nitrogen and oxygen atoms in total. The summed E-state index contributed by atoms with van der Waals surface area (Å²) >= 11 is 0. The Kier molecular flexibility index (Phi) is 27.7. The number of aliphatic hydroxyl groups is 1. The molecule has 4 saturated heterocycles. The molecule has 8 N–H and O–H groups in total. The van der Waals surface area contributed by atoms with Crippen LogP contribution in [-0.2, 0) is 43.2 Å². The number of ketones is 3. The molecular formula is C60H98N6O11. The van der Waals surface area contributed by atoms with E-state index in [4.69, 9.17) is 11.5 Å². The van der Waals surface area contributed by atoms with Crippen molar-refractivity contribution in [2.75, 3.05) is 0 Å². The number of allylic oxidation sites excluding steroid dienone is 2. The van der Waals surface area contributed by atoms with E-state index in [2.05, 4.69) is 31.1 Å². The molecule has 0 aromatic heterocycles. The molecule has 4 fully saturated rings. The highest BCUT2D eigenvalue weighted by atomic mass is 16.4. The second kappa shape index (κ2) is 33.0. The van der Waals surface area contributed by atoms with Gasteiger partial charge in [-0.1, -0.05) is 78.5 Å². The van der Waals surface area contributed by atoms with Crippen molar-refractivity contribution in [2.45, 2.75) is 257 Å². The van der Waals surface area contributed by atoms with Crippen molar-refractivity contribution >= 4 is 52.9 Å². The predicted molar refractivity (Wildman–Crippen MR) is 296 cm³/mol. The van der Waals surface area contributed by atoms with Gasteiger partial charge in [-0.25, -0.2) is 0 Å². The lowest BCUT2D eigenvalue weighted by atomic mass is 9.72. The number of unbranched alkanes of at least 4 members (excludes halogenated alkanes) is 2. The Morgan fingerprint density at radius 1 is 0.740 bits per heavy atom. The van der Waals surface area contributed by atoms with Crippen molar-refractivity contribution in [2.24, 2.45) is 52.9 Å². The number of nitrogens with two attached hydrogens (primary N) is 2. The summed E-state index contributed by atoms with van der Waals surface area (Å²) in [5, 5.41) is 27.5. The average molecular weight is 1080 g/mol. The molecule has 4 aliphatic rings. The minimum Gasteiger partial charge on any atom is -0.480 e. The van der Waals surface area contributed by atoms with E-state index in [0.717, 1.165) is 57.4 Å². The Labute approximate surface area is 459 Å². The van der Waals surface area contributed by atoms with Crippen LogP contribution < -0.4 is 22.1 Å². The van der Waals surface area contributed by atoms with E-state index >= 15 is 4.79 Å². The third kappa shape index (κ3) is 20.8. The molecule has 17 heteroatoms. The van der Waals surface area contributed by atoms with Crippen LogP contribution in [0, 0.1) is 41.4 Å². The molecular weight excluding hydrogens is 981 g/mol. The second-order valence-electron chi connectivity index (χ2n) is 23.8. The van der Waals surface area contributed by atoms with Crippen LogP contribution in [-0.4, -0.2) is 115 Å². The van der Waals surface area contributed by atoms with E-state index in [9.17, 15) is 48.6 Å². The SMILES string of the molecule is C=CC(=O)C(/C=C/CCC(=O)CCCC1CCC(CC(CC2CCCCC3CCC(C(O)NC(CC)CCC(N)=O)N3C2=O)C(C)C(=O)CCCCCC(C)C)CC2CCC(C(=O)NC(C)CCC(N)=O)N2C1=O)C(=O)O. The van der Waals surface area contributed by atoms with Gasteiger partial charge in [-0.05, 0) is 146 Å². The van der Waals surface area contributed by atoms with E-state index in [1.54, 1.807) is 4.90 Å². The Morgan fingerprint density at radius 2 is 1.43 bits per heavy atom. The lowest BCUT2D eigenvalue weighted by molar-refractivity contribution is -0.146. The zero-order valence-corrected chi connectivity index (χ0v) is 47.4. The average Bonchev–Trinajstić information content (AvgIpc) is 4.00. The van der Waals surface area contributed by atoms with Gasteiger partial charge in [0, 0.05) is 74.0 Å². The van der Waals surface area contributed by atoms with Crippen LogP contribution in [0.15, 0.2) is 24.8 Å². The summed E-state index contributed by atoms with van der Waals surface area (Å²) in [5.74, 6) is -5.03. The maximum Gasteiger partial charge on any atom is 0.318 e. The summed E-state index contributed by atoms with van der Waals surface area (Å²) in [6.07, 6.45) is 19.4. The quantitative estimate of drug-likeness (QED) is 0.0117. The van der Waals surface area contributed by atoms with Gasteiger partial charge in [-0.3, -0.25) is 48.5 Å². The first-order valence-electron chi connectivity index (χ1n) is 29.7. The number of rotatable bonds is 35. The van der Waals surface area contributed by atoms with Gasteiger partial charge in [-0.15, -0.1) is 0 Å². The predicted octanol–water partition coefficient (Wildman–Crippen LogP) is 7.77. The molecule has 77 heavy (non-hydrogen) atoms. The number of nitrogens with zero attached hydrogens (tertiary/aromatic N) is 2. The highest BCUT2D eigenvalue weighted by Gasteiger charge is 2.47. The zero-order chi connectivity index (χ0) is 56.8. The second-order valence-corrected chi connectivity index (χ2v) is 23.8. The molecule has 4 aliphatic heterocycles. The summed E-state index contributed by atoms with van der Waals surface area (Å²) < 4.78 is 0. The number of carboxylic acids is 1. The molecule has 13 atom stereocenters. The lowest BCUT2D eigenvalue weighted by Crippen LogP contribution is -2.55. The number of hydrogen-bond donors (Lipinski definition) is 6. The number of carbonyl (C=O) groups is 9. The summed E-state index contributed by atoms with van der Waals surface area (Å²) in [7, 11) is 0. The number of hydrogen-bond acceptors (Lipinski definition) is 11. The molecule has 13 unspecified atom stereocenters. The first-order chi connectivity index (χ1) is 36.6. The molecule has 0 aromatic carbocycles. The fraction of sp³-hybridized carbons (Fsp3) is 0.783. The number of aliphatic hydroxyl groups excluding tert-OH is 1. The zero-order valence-electron chi connectivity index (χ0n) is 47.4. The highest BCUT2D eigenvalue weighted by Crippen LogP contribution is 2.43. The van der Waals surface area contributed by atoms with Crippen molar-refractivity contribution in [1.82, 2.24) is 20.4 Å². The molecule has 0 aromatic rings. The van der Waals surface area contributed by atoms with Crippen LogP contribution in [0.2, 0.25) is 0 Å². The standard InChI is InChI=1S/C60H98N6O11/c1-7-45(28-34-55(62)71)64-57(73)51-31-29-46-20-13-12-18-43(59(75)65(46)51)37-44(40(6)53(69)24-11-9-10-17-38(3)4)35-41-26-27-42(19-16-22-48(67)21-14-15-23-49(60(76)77)52(68)8-2)58(74)66-47(36-41)30-32-50(66)56(72)63-39(5)25-33-54(61)70/h8,15,23,38-47,49-51,57,64,73H,2,7,9-14,16-22,24-37H2,1,3-6H3,(H2,61,70)(H2,62,71)(H,63,72)(H,76,77)/b23-15+. The van der Waals surface area contributed by atoms with E-state index in [-0.39, 0.29) is 109 Å². The monoisotopic (exact) mass is 1080 g/mol. The molecule has 0 bridgehead atoms. The van der Waals surface area contributed by atoms with Crippen LogP contribution in [0.5, 0.6) is 0 Å². The van der Waals surface area contributed by atoms with Crippen molar-refractivity contribution < 1.29 is 53.4 Å². The molecule has 434 valence electrons. The van der Waals surface area contributed by atoms with Crippen LogP contribution in [0.3, 0.4) is 0 Å². The van der Waals surface area contributed by atoms with Gasteiger partial charge < -0.3 is 36.8 Å². The van der Waals surface area contributed by atoms with Gasteiger partial charge >= 0.3 is 5.97 Å². The van der Waals surface area contributed by atoms with Gasteiger partial charge in [0.25, 0.3) is 0 Å². The third-order valence-corrected chi connectivity index (χ3v) is 17.5. The number of carboxylic acid groups (broad SMARTS) is 1. The van der Waals surface area contributed by atoms with Crippen molar-refractivity contribution in [3.8, 4) is 0 Å². The molecule has 0 saturated carbocycles. The minimum atomic E-state index is -1.36. The van der Waals surface area contributed by atoms with Crippen LogP contribution in [0.4, 0.5) is 0 Å². The van der Waals surface area contributed by atoms with Gasteiger partial charge in [0.2, 0.25) is 29.5 Å². The van der Waals surface area contributed by atoms with E-state index < -0.39 is 53.7 Å². The maximum atomic E-state index is 15.1. The number of fused-ring (bicyclic) bond motifs is 2. The van der Waals surface area contributed by atoms with Gasteiger partial charge in [0.15, 0.2) is 5.78 Å². The molecule has 5 amide bonds. The summed E-state index contributed by atoms with van der Waals surface area (Å²) in [6.45, 7) is 13.6. The van der Waals surface area contributed by atoms with Crippen molar-refractivity contribution in [3.05, 3.63) is 24.8 Å². The maximum absolute atomic E-state index is 15.1. The number of Topliss-reactive ketones (excluding diaryl/α,β-unsaturated/α-hetero) is 2. The summed E-state index contributed by atoms with van der Waals surface area (Å²) in [6, 6.07) is -1.88. The Hall–Kier alpha value is -4.77. The molecule has 0 spiro atoms. The first kappa shape index (κ1) is 64.8. The fourth-order valence-corrected chi connectivity index (χ4v) is 12.9.